The molecule has 2 aromatic carbocycles. The van der Waals surface area contributed by atoms with Crippen LogP contribution in [0.3, 0.4) is 0 Å². The first kappa shape index (κ1) is 17.4. The van der Waals surface area contributed by atoms with Crippen molar-refractivity contribution in [3.8, 4) is 0 Å². The molecule has 1 aromatic heterocycles. The summed E-state index contributed by atoms with van der Waals surface area (Å²) in [6.45, 7) is 1.56. The Morgan fingerprint density at radius 2 is 2.00 bits per heavy atom. The zero-order valence-electron chi connectivity index (χ0n) is 13.2. The molecule has 1 amide bonds. The molecule has 0 aliphatic carbocycles. The molecule has 8 heteroatoms. The Kier molecular flexibility index (Phi) is 5.01. The van der Waals surface area contributed by atoms with Crippen LogP contribution in [0.2, 0.25) is 10.0 Å². The largest absolute Gasteiger partial charge is 0.348 e. The number of benzene rings is 2. The van der Waals surface area contributed by atoms with Crippen molar-refractivity contribution in [2.75, 3.05) is 0 Å². The minimum absolute atomic E-state index is 0.230. The van der Waals surface area contributed by atoms with Crippen molar-refractivity contribution in [1.82, 2.24) is 20.3 Å². The van der Waals surface area contributed by atoms with Crippen LogP contribution in [0, 0.1) is 0 Å². The van der Waals surface area contributed by atoms with E-state index >= 15 is 0 Å². The van der Waals surface area contributed by atoms with Crippen molar-refractivity contribution in [1.29, 1.82) is 0 Å². The predicted octanol–water partition coefficient (Wildman–Crippen LogP) is 2.98. The van der Waals surface area contributed by atoms with Crippen LogP contribution in [0.1, 0.15) is 18.5 Å². The quantitative estimate of drug-likeness (QED) is 0.759. The predicted molar refractivity (Wildman–Crippen MR) is 96.8 cm³/mol. The maximum absolute atomic E-state index is 12.4. The molecular formula is C17H14Cl2N4O2. The van der Waals surface area contributed by atoms with Gasteiger partial charge in [-0.05, 0) is 36.8 Å². The van der Waals surface area contributed by atoms with Crippen LogP contribution in [0.4, 0.5) is 0 Å². The number of nitrogens with zero attached hydrogens (tertiary/aromatic N) is 3. The van der Waals surface area contributed by atoms with E-state index in [4.69, 9.17) is 23.2 Å². The summed E-state index contributed by atoms with van der Waals surface area (Å²) in [5.41, 5.74) is 0.861. The topological polar surface area (TPSA) is 76.9 Å². The molecule has 1 N–H and O–H groups in total. The van der Waals surface area contributed by atoms with Crippen molar-refractivity contribution < 1.29 is 4.79 Å². The Labute approximate surface area is 153 Å². The van der Waals surface area contributed by atoms with E-state index in [1.165, 1.54) is 0 Å². The van der Waals surface area contributed by atoms with Crippen LogP contribution in [-0.4, -0.2) is 20.9 Å². The Bertz CT molecular complexity index is 1000. The number of halogens is 2. The van der Waals surface area contributed by atoms with E-state index in [9.17, 15) is 9.59 Å². The number of hydrogen-bond donors (Lipinski definition) is 1. The summed E-state index contributed by atoms with van der Waals surface area (Å²) < 4.78 is 1.04. The second-order valence-electron chi connectivity index (χ2n) is 5.52. The van der Waals surface area contributed by atoms with E-state index < -0.39 is 0 Å². The molecule has 0 saturated carbocycles. The molecule has 0 aliphatic heterocycles. The highest BCUT2D eigenvalue weighted by atomic mass is 35.5. The van der Waals surface area contributed by atoms with Gasteiger partial charge in [0.25, 0.3) is 5.56 Å². The maximum atomic E-state index is 12.4. The van der Waals surface area contributed by atoms with Crippen molar-refractivity contribution in [3.05, 3.63) is 68.4 Å². The summed E-state index contributed by atoms with van der Waals surface area (Å²) in [6.07, 6.45) is 0. The molecule has 128 valence electrons. The standard InChI is InChI=1S/C17H14Cl2N4O2/c1-10(12-7-6-11(18)8-14(12)19)20-16(24)9-23-17(25)13-4-2-3-5-15(13)21-22-23/h2-8,10H,9H2,1H3,(H,20,24)/t10-/m0/s1. The van der Waals surface area contributed by atoms with Gasteiger partial charge >= 0.3 is 0 Å². The highest BCUT2D eigenvalue weighted by Gasteiger charge is 2.15. The number of rotatable bonds is 4. The van der Waals surface area contributed by atoms with Crippen LogP contribution >= 0.6 is 23.2 Å². The Balaban J connectivity index is 1.76. The molecule has 1 atom stereocenters. The monoisotopic (exact) mass is 376 g/mol. The fourth-order valence-electron chi connectivity index (χ4n) is 2.48. The number of fused-ring (bicyclic) bond motifs is 1. The van der Waals surface area contributed by atoms with Gasteiger partial charge in [0.1, 0.15) is 12.1 Å². The first-order valence-corrected chi connectivity index (χ1v) is 8.28. The molecule has 1 heterocycles. The minimum Gasteiger partial charge on any atom is -0.348 e. The first-order valence-electron chi connectivity index (χ1n) is 7.52. The average Bonchev–Trinajstić information content (AvgIpc) is 2.57. The van der Waals surface area contributed by atoms with E-state index in [1.54, 1.807) is 49.4 Å². The molecule has 3 rings (SSSR count). The molecule has 0 fully saturated rings. The SMILES string of the molecule is C[C@H](NC(=O)Cn1nnc2ccccc2c1=O)c1ccc(Cl)cc1Cl. The summed E-state index contributed by atoms with van der Waals surface area (Å²) in [7, 11) is 0. The first-order chi connectivity index (χ1) is 12.0. The molecule has 3 aromatic rings. The number of hydrogen-bond acceptors (Lipinski definition) is 4. The van der Waals surface area contributed by atoms with Gasteiger partial charge in [-0.3, -0.25) is 9.59 Å². The second-order valence-corrected chi connectivity index (χ2v) is 6.37. The summed E-state index contributed by atoms with van der Waals surface area (Å²) in [5.74, 6) is -0.370. The third kappa shape index (κ3) is 3.81. The highest BCUT2D eigenvalue weighted by molar-refractivity contribution is 6.35. The average molecular weight is 377 g/mol. The molecule has 25 heavy (non-hydrogen) atoms. The molecule has 0 bridgehead atoms. The normalized spacial score (nSPS) is 12.1. The van der Waals surface area contributed by atoms with Crippen LogP contribution in [-0.2, 0) is 11.3 Å². The zero-order valence-corrected chi connectivity index (χ0v) is 14.8. The van der Waals surface area contributed by atoms with E-state index in [1.807, 2.05) is 0 Å². The summed E-state index contributed by atoms with van der Waals surface area (Å²) >= 11 is 12.0. The van der Waals surface area contributed by atoms with Gasteiger partial charge in [-0.2, -0.15) is 0 Å². The Morgan fingerprint density at radius 3 is 2.76 bits per heavy atom. The smallest absolute Gasteiger partial charge is 0.278 e. The van der Waals surface area contributed by atoms with Crippen LogP contribution in [0.25, 0.3) is 10.9 Å². The zero-order chi connectivity index (χ0) is 18.0. The van der Waals surface area contributed by atoms with Crippen molar-refractivity contribution in [2.24, 2.45) is 0 Å². The van der Waals surface area contributed by atoms with Gasteiger partial charge in [0.2, 0.25) is 5.91 Å². The number of aromatic nitrogens is 3. The lowest BCUT2D eigenvalue weighted by atomic mass is 10.1. The van der Waals surface area contributed by atoms with Gasteiger partial charge in [-0.15, -0.1) is 5.10 Å². The minimum atomic E-state index is -0.370. The molecule has 6 nitrogen and oxygen atoms in total. The van der Waals surface area contributed by atoms with Crippen molar-refractivity contribution in [2.45, 2.75) is 19.5 Å². The summed E-state index contributed by atoms with van der Waals surface area (Å²) in [5, 5.41) is 11.9. The fraction of sp³-hybridized carbons (Fsp3) is 0.176. The molecule has 0 aliphatic rings. The van der Waals surface area contributed by atoms with Gasteiger partial charge in [-0.25, -0.2) is 4.68 Å². The van der Waals surface area contributed by atoms with Crippen LogP contribution in [0.5, 0.6) is 0 Å². The second kappa shape index (κ2) is 7.21. The van der Waals surface area contributed by atoms with Crippen molar-refractivity contribution >= 4 is 40.0 Å². The van der Waals surface area contributed by atoms with Gasteiger partial charge in [0, 0.05) is 10.0 Å². The fourth-order valence-corrected chi connectivity index (χ4v) is 3.05. The van der Waals surface area contributed by atoms with Crippen LogP contribution < -0.4 is 10.9 Å². The lowest BCUT2D eigenvalue weighted by molar-refractivity contribution is -0.122. The third-order valence-electron chi connectivity index (χ3n) is 3.73. The third-order valence-corrected chi connectivity index (χ3v) is 4.29. The Morgan fingerprint density at radius 1 is 1.24 bits per heavy atom. The molecule has 0 radical (unpaired) electrons. The van der Waals surface area contributed by atoms with Gasteiger partial charge in [0.15, 0.2) is 0 Å². The van der Waals surface area contributed by atoms with E-state index in [-0.39, 0.29) is 24.1 Å². The maximum Gasteiger partial charge on any atom is 0.278 e. The molecular weight excluding hydrogens is 363 g/mol. The molecule has 0 saturated heterocycles. The van der Waals surface area contributed by atoms with E-state index in [2.05, 4.69) is 15.6 Å². The van der Waals surface area contributed by atoms with E-state index in [0.717, 1.165) is 10.2 Å². The molecule has 0 unspecified atom stereocenters. The van der Waals surface area contributed by atoms with Crippen LogP contribution in [0.15, 0.2) is 47.3 Å². The number of nitrogens with one attached hydrogen (secondary N) is 1. The van der Waals surface area contributed by atoms with Gasteiger partial charge in [-0.1, -0.05) is 46.6 Å². The lowest BCUT2D eigenvalue weighted by Gasteiger charge is -2.16. The van der Waals surface area contributed by atoms with Gasteiger partial charge < -0.3 is 5.32 Å². The summed E-state index contributed by atoms with van der Waals surface area (Å²) in [4.78, 5) is 24.6. The number of carbonyl (C=O) groups is 1. The number of carbonyl (C=O) groups excluding carboxylic acids is 1. The number of amides is 1. The van der Waals surface area contributed by atoms with Gasteiger partial charge in [0.05, 0.1) is 11.4 Å². The van der Waals surface area contributed by atoms with Crippen molar-refractivity contribution in [3.63, 3.8) is 0 Å². The highest BCUT2D eigenvalue weighted by Crippen LogP contribution is 2.25. The molecule has 0 spiro atoms. The Hall–Kier alpha value is -2.44. The summed E-state index contributed by atoms with van der Waals surface area (Å²) in [6, 6.07) is 11.6. The van der Waals surface area contributed by atoms with E-state index in [0.29, 0.717) is 20.9 Å². The lowest BCUT2D eigenvalue weighted by Crippen LogP contribution is -2.35.